The van der Waals surface area contributed by atoms with E-state index in [1.807, 2.05) is 15.9 Å². The monoisotopic (exact) mass is 391 g/mol. The number of hydrogen-bond donors (Lipinski definition) is 2. The minimum absolute atomic E-state index is 0.0658. The number of nitrogens with zero attached hydrogens (tertiary/aromatic N) is 2. The summed E-state index contributed by atoms with van der Waals surface area (Å²) >= 11 is 0. The third kappa shape index (κ3) is 4.75. The number of carbonyl (C=O) groups excluding carboxylic acids is 1. The van der Waals surface area contributed by atoms with Gasteiger partial charge in [0.2, 0.25) is 0 Å². The van der Waals surface area contributed by atoms with Crippen molar-refractivity contribution in [1.29, 1.82) is 0 Å². The molecule has 0 bridgehead atoms. The molecule has 3 fully saturated rings. The molecule has 1 saturated carbocycles. The number of hydrogen-bond acceptors (Lipinski definition) is 4. The molecule has 1 aromatic carbocycles. The van der Waals surface area contributed by atoms with Gasteiger partial charge in [-0.2, -0.15) is 0 Å². The van der Waals surface area contributed by atoms with Crippen molar-refractivity contribution in [3.63, 3.8) is 0 Å². The lowest BCUT2D eigenvalue weighted by atomic mass is 10.1. The fraction of sp³-hybridized carbons (Fsp3) is 0.667. The van der Waals surface area contributed by atoms with Crippen molar-refractivity contribution in [2.45, 2.75) is 50.8 Å². The van der Waals surface area contributed by atoms with Crippen molar-refractivity contribution in [2.75, 3.05) is 37.7 Å². The van der Waals surface area contributed by atoms with Gasteiger partial charge < -0.3 is 25.0 Å². The van der Waals surface area contributed by atoms with Crippen molar-refractivity contribution in [1.82, 2.24) is 10.2 Å². The minimum Gasteiger partial charge on any atom is -0.393 e. The maximum absolute atomic E-state index is 14.6. The summed E-state index contributed by atoms with van der Waals surface area (Å²) in [6, 6.07) is 5.43. The van der Waals surface area contributed by atoms with E-state index in [2.05, 4.69) is 5.32 Å². The number of rotatable bonds is 6. The van der Waals surface area contributed by atoms with Crippen LogP contribution in [0.1, 0.15) is 37.7 Å². The molecule has 0 spiro atoms. The van der Waals surface area contributed by atoms with Crippen LogP contribution in [0.25, 0.3) is 0 Å². The summed E-state index contributed by atoms with van der Waals surface area (Å²) in [5.41, 5.74) is 1.33. The topological polar surface area (TPSA) is 65.0 Å². The zero-order chi connectivity index (χ0) is 19.5. The summed E-state index contributed by atoms with van der Waals surface area (Å²) in [7, 11) is 0. The SMILES string of the molecule is O=C(NCc1ccc(N2CCC(O)CC2)c(F)c1)N(CC1CCOC1)C1CC1. The van der Waals surface area contributed by atoms with Crippen molar-refractivity contribution in [3.05, 3.63) is 29.6 Å². The number of piperidine rings is 1. The maximum atomic E-state index is 14.6. The molecule has 28 heavy (non-hydrogen) atoms. The summed E-state index contributed by atoms with van der Waals surface area (Å²) in [6.45, 7) is 3.90. The Labute approximate surface area is 165 Å². The Hall–Kier alpha value is -1.86. The molecule has 2 amide bonds. The minimum atomic E-state index is -0.279. The number of aliphatic hydroxyl groups is 1. The summed E-state index contributed by atoms with van der Waals surface area (Å²) in [6.07, 6.45) is 4.19. The van der Waals surface area contributed by atoms with E-state index in [0.29, 0.717) is 50.1 Å². The molecule has 3 aliphatic rings. The van der Waals surface area contributed by atoms with Gasteiger partial charge >= 0.3 is 6.03 Å². The molecule has 2 N–H and O–H groups in total. The Morgan fingerprint density at radius 3 is 2.68 bits per heavy atom. The lowest BCUT2D eigenvalue weighted by molar-refractivity contribution is 0.145. The van der Waals surface area contributed by atoms with E-state index in [0.717, 1.165) is 44.6 Å². The van der Waals surface area contributed by atoms with E-state index in [9.17, 15) is 14.3 Å². The number of nitrogens with one attached hydrogen (secondary N) is 1. The average molecular weight is 391 g/mol. The Balaban J connectivity index is 1.32. The predicted octanol–water partition coefficient (Wildman–Crippen LogP) is 2.50. The molecular weight excluding hydrogens is 361 g/mol. The van der Waals surface area contributed by atoms with Gasteiger partial charge in [-0.1, -0.05) is 6.07 Å². The third-order valence-corrected chi connectivity index (χ3v) is 5.99. The Kier molecular flexibility index (Phi) is 6.01. The first-order valence-electron chi connectivity index (χ1n) is 10.4. The van der Waals surface area contributed by atoms with E-state index in [1.54, 1.807) is 6.07 Å². The van der Waals surface area contributed by atoms with E-state index in [-0.39, 0.29) is 18.0 Å². The van der Waals surface area contributed by atoms with Gasteiger partial charge in [0, 0.05) is 44.7 Å². The van der Waals surface area contributed by atoms with Gasteiger partial charge in [-0.25, -0.2) is 9.18 Å². The van der Waals surface area contributed by atoms with Crippen molar-refractivity contribution >= 4 is 11.7 Å². The van der Waals surface area contributed by atoms with E-state index in [4.69, 9.17) is 4.74 Å². The summed E-state index contributed by atoms with van der Waals surface area (Å²) in [5, 5.41) is 12.6. The second-order valence-electron chi connectivity index (χ2n) is 8.28. The molecule has 0 radical (unpaired) electrons. The van der Waals surface area contributed by atoms with Crippen molar-refractivity contribution in [3.8, 4) is 0 Å². The van der Waals surface area contributed by atoms with Gasteiger partial charge in [0.1, 0.15) is 5.82 Å². The number of anilines is 1. The highest BCUT2D eigenvalue weighted by Crippen LogP contribution is 2.29. The fourth-order valence-electron chi connectivity index (χ4n) is 4.09. The smallest absolute Gasteiger partial charge is 0.317 e. The van der Waals surface area contributed by atoms with Gasteiger partial charge in [-0.15, -0.1) is 0 Å². The number of benzene rings is 1. The normalized spacial score (nSPS) is 23.1. The zero-order valence-electron chi connectivity index (χ0n) is 16.3. The standard InChI is InChI=1S/C21H30FN3O3/c22-19-11-15(1-4-20(19)24-8-5-18(26)6-9-24)12-23-21(27)25(17-2-3-17)13-16-7-10-28-14-16/h1,4,11,16-18,26H,2-3,5-10,12-14H2,(H,23,27). The van der Waals surface area contributed by atoms with Crippen LogP contribution in [-0.4, -0.2) is 61.0 Å². The van der Waals surface area contributed by atoms with Crippen LogP contribution in [0.3, 0.4) is 0 Å². The number of halogens is 1. The third-order valence-electron chi connectivity index (χ3n) is 5.99. The quantitative estimate of drug-likeness (QED) is 0.782. The molecule has 4 rings (SSSR count). The number of amides is 2. The Morgan fingerprint density at radius 1 is 1.25 bits per heavy atom. The molecule has 6 nitrogen and oxygen atoms in total. The predicted molar refractivity (Wildman–Crippen MR) is 105 cm³/mol. The first-order chi connectivity index (χ1) is 13.6. The van der Waals surface area contributed by atoms with E-state index < -0.39 is 0 Å². The molecule has 1 unspecified atom stereocenters. The highest BCUT2D eigenvalue weighted by atomic mass is 19.1. The molecule has 2 saturated heterocycles. The molecular formula is C21H30FN3O3. The van der Waals surface area contributed by atoms with Gasteiger partial charge in [-0.3, -0.25) is 0 Å². The van der Waals surface area contributed by atoms with Crippen molar-refractivity contribution < 1.29 is 19.0 Å². The van der Waals surface area contributed by atoms with Crippen molar-refractivity contribution in [2.24, 2.45) is 5.92 Å². The molecule has 1 aromatic rings. The number of aliphatic hydroxyl groups excluding tert-OH is 1. The zero-order valence-corrected chi connectivity index (χ0v) is 16.3. The lowest BCUT2D eigenvalue weighted by Gasteiger charge is -2.31. The van der Waals surface area contributed by atoms with E-state index in [1.165, 1.54) is 6.07 Å². The maximum Gasteiger partial charge on any atom is 0.317 e. The van der Waals surface area contributed by atoms with Gasteiger partial charge in [0.05, 0.1) is 18.4 Å². The van der Waals surface area contributed by atoms with Gasteiger partial charge in [0.15, 0.2) is 0 Å². The lowest BCUT2D eigenvalue weighted by Crippen LogP contribution is -2.43. The summed E-state index contributed by atoms with van der Waals surface area (Å²) < 4.78 is 20.0. The summed E-state index contributed by atoms with van der Waals surface area (Å²) in [4.78, 5) is 16.6. The van der Waals surface area contributed by atoms with Crippen LogP contribution in [0.5, 0.6) is 0 Å². The fourth-order valence-corrected chi connectivity index (χ4v) is 4.09. The van der Waals surface area contributed by atoms with Crippen LogP contribution in [0.2, 0.25) is 0 Å². The molecule has 0 aromatic heterocycles. The summed E-state index contributed by atoms with van der Waals surface area (Å²) in [5.74, 6) is 0.149. The molecule has 1 atom stereocenters. The van der Waals surface area contributed by atoms with Crippen LogP contribution in [-0.2, 0) is 11.3 Å². The van der Waals surface area contributed by atoms with Crippen LogP contribution in [0.15, 0.2) is 18.2 Å². The highest BCUT2D eigenvalue weighted by molar-refractivity contribution is 5.75. The molecule has 154 valence electrons. The first kappa shape index (κ1) is 19.5. The number of ether oxygens (including phenoxy) is 1. The average Bonchev–Trinajstić information content (AvgIpc) is 3.40. The van der Waals surface area contributed by atoms with Crippen LogP contribution >= 0.6 is 0 Å². The molecule has 2 heterocycles. The largest absolute Gasteiger partial charge is 0.393 e. The van der Waals surface area contributed by atoms with Crippen LogP contribution < -0.4 is 10.2 Å². The number of carbonyl (C=O) groups is 1. The number of urea groups is 1. The second-order valence-corrected chi connectivity index (χ2v) is 8.28. The van der Waals surface area contributed by atoms with Crippen LogP contribution in [0.4, 0.5) is 14.9 Å². The Morgan fingerprint density at radius 2 is 2.04 bits per heavy atom. The van der Waals surface area contributed by atoms with Gasteiger partial charge in [-0.05, 0) is 49.8 Å². The Bertz CT molecular complexity index is 683. The van der Waals surface area contributed by atoms with Gasteiger partial charge in [0.25, 0.3) is 0 Å². The van der Waals surface area contributed by atoms with Crippen LogP contribution in [0, 0.1) is 11.7 Å². The molecule has 7 heteroatoms. The first-order valence-corrected chi connectivity index (χ1v) is 10.4. The molecule has 2 aliphatic heterocycles. The second kappa shape index (κ2) is 8.66. The van der Waals surface area contributed by atoms with E-state index >= 15 is 0 Å². The molecule has 1 aliphatic carbocycles. The highest BCUT2D eigenvalue weighted by Gasteiger charge is 2.34.